The maximum absolute atomic E-state index is 13.5. The van der Waals surface area contributed by atoms with Gasteiger partial charge in [-0.15, -0.1) is 0 Å². The van der Waals surface area contributed by atoms with Crippen molar-refractivity contribution in [2.24, 2.45) is 0 Å². The lowest BCUT2D eigenvalue weighted by molar-refractivity contribution is -0.122. The highest BCUT2D eigenvalue weighted by Crippen LogP contribution is 2.25. The molecule has 0 aliphatic carbocycles. The Hall–Kier alpha value is -2.87. The maximum Gasteiger partial charge on any atom is 0.243 e. The standard InChI is InChI=1S/C25H27ClN2O4S/c1-18-15-23(13-14-24(18)32-3)33(30,31)28(16-20-7-5-4-6-8-20)17-25(29)27-19(2)21-9-11-22(26)12-10-21/h4-15,19H,16-17H2,1-3H3,(H,27,29)/t19-/m0/s1. The van der Waals surface area contributed by atoms with Crippen LogP contribution in [0.25, 0.3) is 0 Å². The fourth-order valence-corrected chi connectivity index (χ4v) is 5.05. The molecule has 0 saturated heterocycles. The molecule has 1 atom stereocenters. The second kappa shape index (κ2) is 10.8. The average Bonchev–Trinajstić information content (AvgIpc) is 2.79. The highest BCUT2D eigenvalue weighted by atomic mass is 35.5. The quantitative estimate of drug-likeness (QED) is 0.474. The molecule has 3 rings (SSSR count). The van der Waals surface area contributed by atoms with Gasteiger partial charge in [-0.3, -0.25) is 4.79 Å². The maximum atomic E-state index is 13.5. The van der Waals surface area contributed by atoms with E-state index in [1.54, 1.807) is 31.2 Å². The number of hydrogen-bond acceptors (Lipinski definition) is 4. The second-order valence-electron chi connectivity index (χ2n) is 7.73. The van der Waals surface area contributed by atoms with Gasteiger partial charge in [-0.1, -0.05) is 54.1 Å². The predicted molar refractivity (Wildman–Crippen MR) is 130 cm³/mol. The van der Waals surface area contributed by atoms with Crippen LogP contribution in [0.3, 0.4) is 0 Å². The van der Waals surface area contributed by atoms with Gasteiger partial charge >= 0.3 is 0 Å². The Labute approximate surface area is 200 Å². The van der Waals surface area contributed by atoms with Crippen LogP contribution in [0.1, 0.15) is 29.7 Å². The van der Waals surface area contributed by atoms with E-state index in [1.165, 1.54) is 17.5 Å². The van der Waals surface area contributed by atoms with Gasteiger partial charge < -0.3 is 10.1 Å². The molecule has 1 N–H and O–H groups in total. The van der Waals surface area contributed by atoms with Crippen LogP contribution in [0.15, 0.2) is 77.7 Å². The van der Waals surface area contributed by atoms with Gasteiger partial charge in [-0.2, -0.15) is 4.31 Å². The summed E-state index contributed by atoms with van der Waals surface area (Å²) in [6.45, 7) is 3.36. The van der Waals surface area contributed by atoms with E-state index < -0.39 is 15.9 Å². The predicted octanol–water partition coefficient (Wildman–Crippen LogP) is 4.73. The van der Waals surface area contributed by atoms with E-state index >= 15 is 0 Å². The summed E-state index contributed by atoms with van der Waals surface area (Å²) in [7, 11) is -2.42. The first kappa shape index (κ1) is 24.8. The largest absolute Gasteiger partial charge is 0.496 e. The zero-order valence-electron chi connectivity index (χ0n) is 18.8. The van der Waals surface area contributed by atoms with Crippen molar-refractivity contribution in [3.05, 3.63) is 94.5 Å². The molecule has 0 aliphatic rings. The van der Waals surface area contributed by atoms with E-state index in [1.807, 2.05) is 49.4 Å². The third-order valence-electron chi connectivity index (χ3n) is 5.27. The van der Waals surface area contributed by atoms with E-state index in [0.717, 1.165) is 11.1 Å². The first-order valence-corrected chi connectivity index (χ1v) is 12.3. The molecule has 174 valence electrons. The number of sulfonamides is 1. The number of nitrogens with one attached hydrogen (secondary N) is 1. The number of carbonyl (C=O) groups is 1. The lowest BCUT2D eigenvalue weighted by atomic mass is 10.1. The highest BCUT2D eigenvalue weighted by Gasteiger charge is 2.28. The first-order valence-electron chi connectivity index (χ1n) is 10.4. The summed E-state index contributed by atoms with van der Waals surface area (Å²) in [5.41, 5.74) is 2.35. The van der Waals surface area contributed by atoms with Gasteiger partial charge in [-0.05, 0) is 60.9 Å². The number of hydrogen-bond donors (Lipinski definition) is 1. The van der Waals surface area contributed by atoms with Gasteiger partial charge in [-0.25, -0.2) is 8.42 Å². The van der Waals surface area contributed by atoms with Crippen LogP contribution in [0, 0.1) is 6.92 Å². The molecule has 1 amide bonds. The van der Waals surface area contributed by atoms with Crippen molar-refractivity contribution in [3.8, 4) is 5.75 Å². The third-order valence-corrected chi connectivity index (χ3v) is 7.31. The lowest BCUT2D eigenvalue weighted by Gasteiger charge is -2.24. The van der Waals surface area contributed by atoms with Crippen LogP contribution < -0.4 is 10.1 Å². The van der Waals surface area contributed by atoms with Crippen molar-refractivity contribution in [2.75, 3.05) is 13.7 Å². The van der Waals surface area contributed by atoms with E-state index in [0.29, 0.717) is 16.3 Å². The number of benzene rings is 3. The summed E-state index contributed by atoms with van der Waals surface area (Å²) >= 11 is 5.94. The van der Waals surface area contributed by atoms with Gasteiger partial charge in [0.15, 0.2) is 0 Å². The van der Waals surface area contributed by atoms with E-state index in [9.17, 15) is 13.2 Å². The van der Waals surface area contributed by atoms with Gasteiger partial charge in [0.25, 0.3) is 0 Å². The van der Waals surface area contributed by atoms with Gasteiger partial charge in [0.1, 0.15) is 5.75 Å². The van der Waals surface area contributed by atoms with Crippen LogP contribution in [0.2, 0.25) is 5.02 Å². The Morgan fingerprint density at radius 1 is 1.06 bits per heavy atom. The molecule has 3 aromatic rings. The first-order chi connectivity index (χ1) is 15.7. The normalized spacial score (nSPS) is 12.4. The summed E-state index contributed by atoms with van der Waals surface area (Å²) in [5, 5.41) is 3.48. The second-order valence-corrected chi connectivity index (χ2v) is 10.1. The molecule has 0 heterocycles. The third kappa shape index (κ3) is 6.35. The van der Waals surface area contributed by atoms with E-state index in [2.05, 4.69) is 5.32 Å². The number of nitrogens with zero attached hydrogens (tertiary/aromatic N) is 1. The van der Waals surface area contributed by atoms with Crippen molar-refractivity contribution < 1.29 is 17.9 Å². The Morgan fingerprint density at radius 2 is 1.73 bits per heavy atom. The van der Waals surface area contributed by atoms with Gasteiger partial charge in [0, 0.05) is 11.6 Å². The SMILES string of the molecule is COc1ccc(S(=O)(=O)N(CC(=O)N[C@@H](C)c2ccc(Cl)cc2)Cc2ccccc2)cc1C. The minimum absolute atomic E-state index is 0.0665. The average molecular weight is 487 g/mol. The summed E-state index contributed by atoms with van der Waals surface area (Å²) in [5.74, 6) is 0.195. The van der Waals surface area contributed by atoms with Gasteiger partial charge in [0.2, 0.25) is 15.9 Å². The monoisotopic (exact) mass is 486 g/mol. The van der Waals surface area contributed by atoms with Crippen molar-refractivity contribution in [3.63, 3.8) is 0 Å². The molecular weight excluding hydrogens is 460 g/mol. The fourth-order valence-electron chi connectivity index (χ4n) is 3.46. The molecule has 0 aromatic heterocycles. The van der Waals surface area contributed by atoms with Crippen LogP contribution in [0.5, 0.6) is 5.75 Å². The number of aryl methyl sites for hydroxylation is 1. The Balaban J connectivity index is 1.85. The summed E-state index contributed by atoms with van der Waals surface area (Å²) < 4.78 is 33.4. The molecule has 6 nitrogen and oxygen atoms in total. The molecule has 0 radical (unpaired) electrons. The van der Waals surface area contributed by atoms with E-state index in [-0.39, 0.29) is 24.0 Å². The van der Waals surface area contributed by atoms with Crippen molar-refractivity contribution in [1.82, 2.24) is 9.62 Å². The molecule has 0 aliphatic heterocycles. The van der Waals surface area contributed by atoms with Gasteiger partial charge in [0.05, 0.1) is 24.6 Å². The zero-order chi connectivity index (χ0) is 24.0. The highest BCUT2D eigenvalue weighted by molar-refractivity contribution is 7.89. The van der Waals surface area contributed by atoms with Crippen LogP contribution in [-0.2, 0) is 21.4 Å². The summed E-state index contributed by atoms with van der Waals surface area (Å²) in [6.07, 6.45) is 0. The van der Waals surface area contributed by atoms with Crippen molar-refractivity contribution in [2.45, 2.75) is 31.3 Å². The number of ether oxygens (including phenoxy) is 1. The lowest BCUT2D eigenvalue weighted by Crippen LogP contribution is -2.41. The molecule has 3 aromatic carbocycles. The van der Waals surface area contributed by atoms with Crippen molar-refractivity contribution >= 4 is 27.5 Å². The Kier molecular flexibility index (Phi) is 8.13. The Morgan fingerprint density at radius 3 is 2.33 bits per heavy atom. The van der Waals surface area contributed by atoms with Crippen LogP contribution in [-0.4, -0.2) is 32.3 Å². The Bertz CT molecular complexity index is 1200. The molecule has 0 fully saturated rings. The number of rotatable bonds is 9. The number of carbonyl (C=O) groups excluding carboxylic acids is 1. The summed E-state index contributed by atoms with van der Waals surface area (Å²) in [6, 6.07) is 20.7. The molecule has 0 spiro atoms. The molecular formula is C25H27ClN2O4S. The number of amides is 1. The molecule has 33 heavy (non-hydrogen) atoms. The number of methoxy groups -OCH3 is 1. The molecule has 0 bridgehead atoms. The smallest absolute Gasteiger partial charge is 0.243 e. The fraction of sp³-hybridized carbons (Fsp3) is 0.240. The minimum atomic E-state index is -3.95. The van der Waals surface area contributed by atoms with E-state index in [4.69, 9.17) is 16.3 Å². The van der Waals surface area contributed by atoms with Crippen LogP contribution >= 0.6 is 11.6 Å². The molecule has 8 heteroatoms. The topological polar surface area (TPSA) is 75.7 Å². The summed E-state index contributed by atoms with van der Waals surface area (Å²) in [4.78, 5) is 13.0. The number of halogens is 1. The molecule has 0 unspecified atom stereocenters. The zero-order valence-corrected chi connectivity index (χ0v) is 20.4. The molecule has 0 saturated carbocycles. The van der Waals surface area contributed by atoms with Crippen molar-refractivity contribution in [1.29, 1.82) is 0 Å². The minimum Gasteiger partial charge on any atom is -0.496 e. The van der Waals surface area contributed by atoms with Crippen LogP contribution in [0.4, 0.5) is 0 Å².